The number of amides is 1. The summed E-state index contributed by atoms with van der Waals surface area (Å²) in [5.74, 6) is -0.0724. The van der Waals surface area contributed by atoms with Crippen LogP contribution in [0.15, 0.2) is 36.4 Å². The lowest BCUT2D eigenvalue weighted by Crippen LogP contribution is -2.12. The number of methoxy groups -OCH3 is 1. The summed E-state index contributed by atoms with van der Waals surface area (Å²) in [7, 11) is 1.45. The second-order valence-electron chi connectivity index (χ2n) is 3.96. The van der Waals surface area contributed by atoms with E-state index in [9.17, 15) is 9.90 Å². The Balaban J connectivity index is 2.21. The highest BCUT2D eigenvalue weighted by atomic mass is 127. The first-order valence-corrected chi connectivity index (χ1v) is 7.10. The predicted octanol–water partition coefficient (Wildman–Crippen LogP) is 3.91. The summed E-state index contributed by atoms with van der Waals surface area (Å²) < 4.78 is 5.77. The van der Waals surface area contributed by atoms with Crippen molar-refractivity contribution in [3.05, 3.63) is 50.6 Å². The Kier molecular flexibility index (Phi) is 4.72. The molecule has 2 aromatic carbocycles. The van der Waals surface area contributed by atoms with Crippen molar-refractivity contribution in [3.63, 3.8) is 0 Å². The lowest BCUT2D eigenvalue weighted by molar-refractivity contribution is 0.102. The maximum absolute atomic E-state index is 12.1. The molecule has 1 amide bonds. The van der Waals surface area contributed by atoms with E-state index in [2.05, 4.69) is 27.9 Å². The first-order valence-electron chi connectivity index (χ1n) is 5.64. The lowest BCUT2D eigenvalue weighted by atomic mass is 10.2. The third-order valence-corrected chi connectivity index (χ3v) is 3.75. The molecule has 6 heteroatoms. The largest absolute Gasteiger partial charge is 0.504 e. The van der Waals surface area contributed by atoms with Gasteiger partial charge in [0.2, 0.25) is 0 Å². The molecule has 0 saturated carbocycles. The van der Waals surface area contributed by atoms with Gasteiger partial charge in [-0.1, -0.05) is 11.6 Å². The zero-order valence-electron chi connectivity index (χ0n) is 10.5. The van der Waals surface area contributed by atoms with Crippen LogP contribution in [0.2, 0.25) is 5.02 Å². The first kappa shape index (κ1) is 14.9. The summed E-state index contributed by atoms with van der Waals surface area (Å²) in [4.78, 5) is 12.1. The fraction of sp³-hybridized carbons (Fsp3) is 0.0714. The van der Waals surface area contributed by atoms with E-state index in [1.165, 1.54) is 19.2 Å². The number of hydrogen-bond acceptors (Lipinski definition) is 3. The molecule has 2 aromatic rings. The standard InChI is InChI=1S/C14H11ClINO3/c1-20-13-5-2-8(6-12(13)18)14(19)17-11-4-3-9(15)7-10(11)16/h2-7,18H,1H3,(H,17,19). The Morgan fingerprint density at radius 3 is 2.65 bits per heavy atom. The van der Waals surface area contributed by atoms with E-state index >= 15 is 0 Å². The van der Waals surface area contributed by atoms with Crippen LogP contribution < -0.4 is 10.1 Å². The average Bonchev–Trinajstić information content (AvgIpc) is 2.41. The summed E-state index contributed by atoms with van der Waals surface area (Å²) in [6, 6.07) is 9.66. The van der Waals surface area contributed by atoms with Crippen LogP contribution >= 0.6 is 34.2 Å². The minimum Gasteiger partial charge on any atom is -0.504 e. The molecule has 4 nitrogen and oxygen atoms in total. The van der Waals surface area contributed by atoms with Crippen molar-refractivity contribution < 1.29 is 14.6 Å². The van der Waals surface area contributed by atoms with Crippen molar-refractivity contribution in [2.24, 2.45) is 0 Å². The van der Waals surface area contributed by atoms with Gasteiger partial charge in [-0.3, -0.25) is 4.79 Å². The number of phenols is 1. The monoisotopic (exact) mass is 403 g/mol. The van der Waals surface area contributed by atoms with Crippen LogP contribution in [0.3, 0.4) is 0 Å². The predicted molar refractivity (Wildman–Crippen MR) is 86.8 cm³/mol. The SMILES string of the molecule is COc1ccc(C(=O)Nc2ccc(Cl)cc2I)cc1O. The van der Waals surface area contributed by atoms with Gasteiger partial charge in [0.25, 0.3) is 5.91 Å². The Hall–Kier alpha value is -1.47. The van der Waals surface area contributed by atoms with Crippen molar-refractivity contribution in [1.82, 2.24) is 0 Å². The Morgan fingerprint density at radius 2 is 2.05 bits per heavy atom. The number of nitrogens with one attached hydrogen (secondary N) is 1. The second-order valence-corrected chi connectivity index (χ2v) is 5.56. The first-order chi connectivity index (χ1) is 9.51. The van der Waals surface area contributed by atoms with Gasteiger partial charge in [0, 0.05) is 14.2 Å². The highest BCUT2D eigenvalue weighted by Gasteiger charge is 2.11. The molecule has 0 spiro atoms. The van der Waals surface area contributed by atoms with Gasteiger partial charge < -0.3 is 15.2 Å². The summed E-state index contributed by atoms with van der Waals surface area (Å²) in [5.41, 5.74) is 1.00. The Morgan fingerprint density at radius 1 is 1.30 bits per heavy atom. The van der Waals surface area contributed by atoms with Gasteiger partial charge in [0.15, 0.2) is 11.5 Å². The molecule has 0 saturated heterocycles. The lowest BCUT2D eigenvalue weighted by Gasteiger charge is -2.09. The normalized spacial score (nSPS) is 10.2. The molecular formula is C14H11ClINO3. The highest BCUT2D eigenvalue weighted by Crippen LogP contribution is 2.27. The quantitative estimate of drug-likeness (QED) is 0.764. The van der Waals surface area contributed by atoms with Crippen molar-refractivity contribution in [2.75, 3.05) is 12.4 Å². The summed E-state index contributed by atoms with van der Waals surface area (Å²) in [6.45, 7) is 0. The van der Waals surface area contributed by atoms with Crippen LogP contribution in [0.25, 0.3) is 0 Å². The van der Waals surface area contributed by atoms with E-state index in [0.29, 0.717) is 22.0 Å². The third kappa shape index (κ3) is 3.34. The molecular weight excluding hydrogens is 393 g/mol. The molecule has 0 heterocycles. The number of anilines is 1. The summed E-state index contributed by atoms with van der Waals surface area (Å²) >= 11 is 7.95. The minimum atomic E-state index is -0.316. The van der Waals surface area contributed by atoms with Crippen LogP contribution in [-0.4, -0.2) is 18.1 Å². The molecule has 0 unspecified atom stereocenters. The van der Waals surface area contributed by atoms with Crippen LogP contribution in [0.5, 0.6) is 11.5 Å². The molecule has 0 fully saturated rings. The molecule has 0 aliphatic heterocycles. The number of rotatable bonds is 3. The van der Waals surface area contributed by atoms with Gasteiger partial charge in [-0.15, -0.1) is 0 Å². The molecule has 20 heavy (non-hydrogen) atoms. The maximum atomic E-state index is 12.1. The smallest absolute Gasteiger partial charge is 0.255 e. The number of aromatic hydroxyl groups is 1. The molecule has 104 valence electrons. The van der Waals surface area contributed by atoms with Gasteiger partial charge >= 0.3 is 0 Å². The van der Waals surface area contributed by atoms with E-state index in [4.69, 9.17) is 16.3 Å². The van der Waals surface area contributed by atoms with Gasteiger partial charge in [-0.25, -0.2) is 0 Å². The van der Waals surface area contributed by atoms with Gasteiger partial charge in [0.1, 0.15) is 0 Å². The van der Waals surface area contributed by atoms with E-state index in [1.54, 1.807) is 24.3 Å². The molecule has 0 aromatic heterocycles. The molecule has 2 N–H and O–H groups in total. The molecule has 2 rings (SSSR count). The number of phenolic OH excluding ortho intramolecular Hbond substituents is 1. The van der Waals surface area contributed by atoms with E-state index in [-0.39, 0.29) is 11.7 Å². The fourth-order valence-corrected chi connectivity index (χ4v) is 2.62. The number of carbonyl (C=O) groups is 1. The topological polar surface area (TPSA) is 58.6 Å². The fourth-order valence-electron chi connectivity index (χ4n) is 1.62. The number of ether oxygens (including phenoxy) is 1. The van der Waals surface area contributed by atoms with E-state index in [0.717, 1.165) is 3.57 Å². The number of hydrogen-bond donors (Lipinski definition) is 2. The van der Waals surface area contributed by atoms with Crippen molar-refractivity contribution >= 4 is 45.8 Å². The van der Waals surface area contributed by atoms with Crippen molar-refractivity contribution in [1.29, 1.82) is 0 Å². The Labute approximate surface area is 134 Å². The number of benzene rings is 2. The third-order valence-electron chi connectivity index (χ3n) is 2.62. The number of halogens is 2. The molecule has 0 bridgehead atoms. The second kappa shape index (κ2) is 6.32. The van der Waals surface area contributed by atoms with Gasteiger partial charge in [-0.2, -0.15) is 0 Å². The van der Waals surface area contributed by atoms with E-state index in [1.807, 2.05) is 0 Å². The average molecular weight is 404 g/mol. The zero-order chi connectivity index (χ0) is 14.7. The maximum Gasteiger partial charge on any atom is 0.255 e. The van der Waals surface area contributed by atoms with Crippen molar-refractivity contribution in [2.45, 2.75) is 0 Å². The molecule has 0 radical (unpaired) electrons. The zero-order valence-corrected chi connectivity index (χ0v) is 13.4. The molecule has 0 aliphatic rings. The van der Waals surface area contributed by atoms with Gasteiger partial charge in [-0.05, 0) is 59.0 Å². The highest BCUT2D eigenvalue weighted by molar-refractivity contribution is 14.1. The Bertz CT molecular complexity index is 661. The van der Waals surface area contributed by atoms with Crippen LogP contribution in [0, 0.1) is 3.57 Å². The van der Waals surface area contributed by atoms with E-state index < -0.39 is 0 Å². The summed E-state index contributed by atoms with van der Waals surface area (Å²) in [6.07, 6.45) is 0. The minimum absolute atomic E-state index is 0.0778. The van der Waals surface area contributed by atoms with Gasteiger partial charge in [0.05, 0.1) is 12.8 Å². The summed E-state index contributed by atoms with van der Waals surface area (Å²) in [5, 5.41) is 13.0. The molecule has 0 atom stereocenters. The molecule has 0 aliphatic carbocycles. The van der Waals surface area contributed by atoms with Crippen LogP contribution in [0.4, 0.5) is 5.69 Å². The van der Waals surface area contributed by atoms with Crippen LogP contribution in [-0.2, 0) is 0 Å². The number of carbonyl (C=O) groups excluding carboxylic acids is 1. The van der Waals surface area contributed by atoms with Crippen molar-refractivity contribution in [3.8, 4) is 11.5 Å². The van der Waals surface area contributed by atoms with Crippen LogP contribution in [0.1, 0.15) is 10.4 Å².